The first-order chi connectivity index (χ1) is 8.70. The van der Waals surface area contributed by atoms with Crippen LogP contribution in [-0.4, -0.2) is 5.91 Å². The van der Waals surface area contributed by atoms with Crippen LogP contribution in [0.25, 0.3) is 0 Å². The molecular formula is C15H14ClNO. The fourth-order valence-corrected chi connectivity index (χ4v) is 1.89. The molecule has 0 spiro atoms. The van der Waals surface area contributed by atoms with Crippen LogP contribution < -0.4 is 5.32 Å². The van der Waals surface area contributed by atoms with Gasteiger partial charge in [0.1, 0.15) is 0 Å². The fourth-order valence-electron chi connectivity index (χ4n) is 1.66. The number of alkyl halides is 1. The van der Waals surface area contributed by atoms with Crippen molar-refractivity contribution < 1.29 is 4.79 Å². The second-order valence-corrected chi connectivity index (χ2v) is 4.38. The molecular weight excluding hydrogens is 246 g/mol. The van der Waals surface area contributed by atoms with Gasteiger partial charge in [0.05, 0.1) is 0 Å². The van der Waals surface area contributed by atoms with Crippen molar-refractivity contribution in [3.05, 3.63) is 65.2 Å². The second-order valence-electron chi connectivity index (χ2n) is 4.11. The monoisotopic (exact) mass is 259 g/mol. The topological polar surface area (TPSA) is 29.1 Å². The summed E-state index contributed by atoms with van der Waals surface area (Å²) in [6, 6.07) is 15.0. The van der Waals surface area contributed by atoms with Gasteiger partial charge in [-0.05, 0) is 30.7 Å². The average molecular weight is 260 g/mol. The maximum Gasteiger partial charge on any atom is 0.255 e. The van der Waals surface area contributed by atoms with E-state index < -0.39 is 0 Å². The Morgan fingerprint density at radius 2 is 1.78 bits per heavy atom. The van der Waals surface area contributed by atoms with E-state index in [9.17, 15) is 4.79 Å². The number of para-hydroxylation sites is 1. The molecule has 0 aliphatic heterocycles. The highest BCUT2D eigenvalue weighted by molar-refractivity contribution is 6.17. The highest BCUT2D eigenvalue weighted by Gasteiger charge is 2.07. The van der Waals surface area contributed by atoms with Crippen molar-refractivity contribution in [1.29, 1.82) is 0 Å². The minimum Gasteiger partial charge on any atom is -0.322 e. The van der Waals surface area contributed by atoms with E-state index in [1.54, 1.807) is 0 Å². The van der Waals surface area contributed by atoms with E-state index in [-0.39, 0.29) is 5.91 Å². The first-order valence-corrected chi connectivity index (χ1v) is 6.26. The van der Waals surface area contributed by atoms with E-state index in [2.05, 4.69) is 5.32 Å². The van der Waals surface area contributed by atoms with Gasteiger partial charge in [-0.25, -0.2) is 0 Å². The third kappa shape index (κ3) is 2.90. The van der Waals surface area contributed by atoms with Crippen LogP contribution in [0.15, 0.2) is 48.5 Å². The van der Waals surface area contributed by atoms with Crippen LogP contribution in [0.3, 0.4) is 0 Å². The van der Waals surface area contributed by atoms with Crippen LogP contribution in [-0.2, 0) is 5.88 Å². The number of aryl methyl sites for hydroxylation is 1. The minimum atomic E-state index is -0.118. The van der Waals surface area contributed by atoms with Gasteiger partial charge in [0.15, 0.2) is 0 Å². The summed E-state index contributed by atoms with van der Waals surface area (Å²) in [6.07, 6.45) is 0. The first-order valence-electron chi connectivity index (χ1n) is 5.72. The molecule has 2 aromatic carbocycles. The fraction of sp³-hybridized carbons (Fsp3) is 0.133. The zero-order valence-electron chi connectivity index (χ0n) is 10.1. The Balaban J connectivity index is 2.18. The third-order valence-corrected chi connectivity index (χ3v) is 3.01. The van der Waals surface area contributed by atoms with Gasteiger partial charge in [-0.15, -0.1) is 11.6 Å². The van der Waals surface area contributed by atoms with Crippen molar-refractivity contribution in [2.24, 2.45) is 0 Å². The highest BCUT2D eigenvalue weighted by atomic mass is 35.5. The molecule has 0 aliphatic rings. The maximum atomic E-state index is 12.0. The molecule has 2 aromatic rings. The van der Waals surface area contributed by atoms with Gasteiger partial charge in [-0.1, -0.05) is 35.9 Å². The summed E-state index contributed by atoms with van der Waals surface area (Å²) in [6.45, 7) is 1.99. The van der Waals surface area contributed by atoms with Gasteiger partial charge in [0.2, 0.25) is 0 Å². The molecule has 0 radical (unpaired) electrons. The zero-order chi connectivity index (χ0) is 13.0. The van der Waals surface area contributed by atoms with E-state index in [0.29, 0.717) is 11.4 Å². The summed E-state index contributed by atoms with van der Waals surface area (Å²) in [5, 5.41) is 2.87. The molecule has 2 nitrogen and oxygen atoms in total. The number of hydrogen-bond donors (Lipinski definition) is 1. The number of carbonyl (C=O) groups excluding carboxylic acids is 1. The van der Waals surface area contributed by atoms with Crippen LogP contribution in [0.2, 0.25) is 0 Å². The first kappa shape index (κ1) is 12.7. The van der Waals surface area contributed by atoms with Gasteiger partial charge in [0.25, 0.3) is 5.91 Å². The predicted octanol–water partition coefficient (Wildman–Crippen LogP) is 3.99. The number of rotatable bonds is 3. The Morgan fingerprint density at radius 3 is 2.44 bits per heavy atom. The summed E-state index contributed by atoms with van der Waals surface area (Å²) in [4.78, 5) is 12.0. The number of halogens is 1. The zero-order valence-corrected chi connectivity index (χ0v) is 10.9. The lowest BCUT2D eigenvalue weighted by atomic mass is 10.1. The lowest BCUT2D eigenvalue weighted by molar-refractivity contribution is 0.102. The van der Waals surface area contributed by atoms with Crippen LogP contribution in [0.1, 0.15) is 21.5 Å². The van der Waals surface area contributed by atoms with E-state index in [1.165, 1.54) is 0 Å². The second kappa shape index (κ2) is 5.69. The van der Waals surface area contributed by atoms with Crippen molar-refractivity contribution in [3.8, 4) is 0 Å². The average Bonchev–Trinajstić information content (AvgIpc) is 2.40. The SMILES string of the molecule is Cc1ccc(C(=O)Nc2ccccc2CCl)cc1. The van der Waals surface area contributed by atoms with Crippen molar-refractivity contribution in [2.75, 3.05) is 5.32 Å². The number of benzene rings is 2. The molecule has 2 rings (SSSR count). The van der Waals surface area contributed by atoms with Crippen LogP contribution in [0, 0.1) is 6.92 Å². The Hall–Kier alpha value is -1.80. The van der Waals surface area contributed by atoms with Gasteiger partial charge in [-0.2, -0.15) is 0 Å². The molecule has 0 aromatic heterocycles. The minimum absolute atomic E-state index is 0.118. The van der Waals surface area contributed by atoms with Gasteiger partial charge < -0.3 is 5.32 Å². The molecule has 0 saturated heterocycles. The van der Waals surface area contributed by atoms with Crippen molar-refractivity contribution in [2.45, 2.75) is 12.8 Å². The van der Waals surface area contributed by atoms with E-state index in [0.717, 1.165) is 16.8 Å². The largest absolute Gasteiger partial charge is 0.322 e. The summed E-state index contributed by atoms with van der Waals surface area (Å²) in [5.74, 6) is 0.261. The molecule has 18 heavy (non-hydrogen) atoms. The molecule has 0 saturated carbocycles. The van der Waals surface area contributed by atoms with Crippen molar-refractivity contribution >= 4 is 23.2 Å². The number of hydrogen-bond acceptors (Lipinski definition) is 1. The van der Waals surface area contributed by atoms with E-state index in [1.807, 2.05) is 55.5 Å². The Morgan fingerprint density at radius 1 is 1.11 bits per heavy atom. The van der Waals surface area contributed by atoms with E-state index >= 15 is 0 Å². The number of anilines is 1. The van der Waals surface area contributed by atoms with Gasteiger partial charge in [0, 0.05) is 17.1 Å². The summed E-state index contributed by atoms with van der Waals surface area (Å²) in [7, 11) is 0. The smallest absolute Gasteiger partial charge is 0.255 e. The summed E-state index contributed by atoms with van der Waals surface area (Å²) >= 11 is 5.83. The Labute approximate surface area is 112 Å². The Kier molecular flexibility index (Phi) is 4.00. The number of amides is 1. The van der Waals surface area contributed by atoms with Crippen molar-refractivity contribution in [3.63, 3.8) is 0 Å². The molecule has 3 heteroatoms. The Bertz CT molecular complexity index is 549. The highest BCUT2D eigenvalue weighted by Crippen LogP contribution is 2.18. The molecule has 0 aliphatic carbocycles. The molecule has 0 unspecified atom stereocenters. The van der Waals surface area contributed by atoms with Crippen molar-refractivity contribution in [1.82, 2.24) is 0 Å². The van der Waals surface area contributed by atoms with Crippen LogP contribution in [0.4, 0.5) is 5.69 Å². The quantitative estimate of drug-likeness (QED) is 0.830. The lowest BCUT2D eigenvalue weighted by Crippen LogP contribution is -2.12. The summed E-state index contributed by atoms with van der Waals surface area (Å²) < 4.78 is 0. The molecule has 0 atom stereocenters. The number of carbonyl (C=O) groups is 1. The predicted molar refractivity (Wildman–Crippen MR) is 75.1 cm³/mol. The van der Waals surface area contributed by atoms with Gasteiger partial charge >= 0.3 is 0 Å². The lowest BCUT2D eigenvalue weighted by Gasteiger charge is -2.09. The maximum absolute atomic E-state index is 12.0. The molecule has 0 heterocycles. The molecule has 0 fully saturated rings. The molecule has 1 amide bonds. The van der Waals surface area contributed by atoms with Crippen LogP contribution >= 0.6 is 11.6 Å². The third-order valence-electron chi connectivity index (χ3n) is 2.72. The van der Waals surface area contributed by atoms with E-state index in [4.69, 9.17) is 11.6 Å². The molecule has 1 N–H and O–H groups in total. The van der Waals surface area contributed by atoms with Crippen LogP contribution in [0.5, 0.6) is 0 Å². The standard InChI is InChI=1S/C15H14ClNO/c1-11-6-8-12(9-7-11)15(18)17-14-5-3-2-4-13(14)10-16/h2-9H,10H2,1H3,(H,17,18). The normalized spacial score (nSPS) is 10.1. The number of nitrogens with one attached hydrogen (secondary N) is 1. The van der Waals surface area contributed by atoms with Gasteiger partial charge in [-0.3, -0.25) is 4.79 Å². The summed E-state index contributed by atoms with van der Waals surface area (Å²) in [5.41, 5.74) is 3.45. The molecule has 92 valence electrons. The molecule has 0 bridgehead atoms.